The third-order valence-corrected chi connectivity index (χ3v) is 6.77. The predicted octanol–water partition coefficient (Wildman–Crippen LogP) is 3.66. The van der Waals surface area contributed by atoms with E-state index in [1.54, 1.807) is 16.4 Å². The lowest BCUT2D eigenvalue weighted by Gasteiger charge is -2.35. The van der Waals surface area contributed by atoms with Crippen molar-refractivity contribution in [1.82, 2.24) is 9.29 Å². The lowest BCUT2D eigenvalue weighted by atomic mass is 9.95. The molecule has 0 aliphatic carbocycles. The lowest BCUT2D eigenvalue weighted by molar-refractivity contribution is 0.255. The fraction of sp³-hybridized carbons (Fsp3) is 0.421. The molecule has 0 spiro atoms. The summed E-state index contributed by atoms with van der Waals surface area (Å²) in [4.78, 5) is 4.76. The monoisotopic (exact) mass is 359 g/mol. The molecular weight excluding hydrogens is 334 g/mol. The van der Waals surface area contributed by atoms with E-state index in [9.17, 15) is 8.42 Å². The van der Waals surface area contributed by atoms with Crippen LogP contribution in [0.4, 0.5) is 5.82 Å². The standard InChI is InChI=1S/C19H25N3O2S/c1-14-7-9-16(10-8-14)25(23,24)22-11-5-4-6-18(22)17-13-21-19(20-3)12-15(17)2/h7-10,12-13,18H,4-6,11H2,1-3H3,(H,20,21)/t18-/m0/s1. The van der Waals surface area contributed by atoms with Gasteiger partial charge >= 0.3 is 0 Å². The van der Waals surface area contributed by atoms with Gasteiger partial charge in [-0.1, -0.05) is 24.1 Å². The van der Waals surface area contributed by atoms with Gasteiger partial charge in [0.1, 0.15) is 5.82 Å². The maximum atomic E-state index is 13.2. The second-order valence-corrected chi connectivity index (χ2v) is 8.51. The maximum absolute atomic E-state index is 13.2. The highest BCUT2D eigenvalue weighted by Crippen LogP contribution is 2.36. The molecule has 25 heavy (non-hydrogen) atoms. The van der Waals surface area contributed by atoms with Gasteiger partial charge in [-0.3, -0.25) is 0 Å². The molecule has 6 heteroatoms. The molecule has 0 saturated carbocycles. The number of anilines is 1. The van der Waals surface area contributed by atoms with Crippen molar-refractivity contribution in [2.75, 3.05) is 18.9 Å². The van der Waals surface area contributed by atoms with Crippen LogP contribution in [-0.4, -0.2) is 31.3 Å². The number of piperidine rings is 1. The van der Waals surface area contributed by atoms with Crippen molar-refractivity contribution in [2.24, 2.45) is 0 Å². The zero-order valence-electron chi connectivity index (χ0n) is 15.0. The first kappa shape index (κ1) is 17.9. The average molecular weight is 359 g/mol. The van der Waals surface area contributed by atoms with Gasteiger partial charge in [0.05, 0.1) is 10.9 Å². The van der Waals surface area contributed by atoms with Crippen molar-refractivity contribution in [3.8, 4) is 0 Å². The van der Waals surface area contributed by atoms with Crippen LogP contribution in [0.2, 0.25) is 0 Å². The molecule has 1 aliphatic heterocycles. The van der Waals surface area contributed by atoms with Gasteiger partial charge in [-0.2, -0.15) is 4.31 Å². The fourth-order valence-electron chi connectivity index (χ4n) is 3.40. The molecule has 1 N–H and O–H groups in total. The van der Waals surface area contributed by atoms with Gasteiger partial charge in [0.25, 0.3) is 0 Å². The molecule has 2 heterocycles. The van der Waals surface area contributed by atoms with Crippen molar-refractivity contribution in [1.29, 1.82) is 0 Å². The van der Waals surface area contributed by atoms with Crippen molar-refractivity contribution in [3.05, 3.63) is 53.2 Å². The van der Waals surface area contributed by atoms with Crippen LogP contribution in [0.3, 0.4) is 0 Å². The molecule has 2 aromatic rings. The van der Waals surface area contributed by atoms with Crippen LogP contribution in [-0.2, 0) is 10.0 Å². The Kier molecular flexibility index (Phi) is 5.11. The minimum atomic E-state index is -3.52. The molecule has 1 atom stereocenters. The second kappa shape index (κ2) is 7.14. The van der Waals surface area contributed by atoms with Gasteiger partial charge in [-0.25, -0.2) is 13.4 Å². The Morgan fingerprint density at radius 3 is 2.52 bits per heavy atom. The molecule has 5 nitrogen and oxygen atoms in total. The summed E-state index contributed by atoms with van der Waals surface area (Å²) in [5.74, 6) is 0.796. The smallest absolute Gasteiger partial charge is 0.243 e. The first-order valence-corrected chi connectivity index (χ1v) is 10.1. The van der Waals surface area contributed by atoms with Crippen LogP contribution in [0, 0.1) is 13.8 Å². The Bertz CT molecular complexity index is 847. The number of hydrogen-bond donors (Lipinski definition) is 1. The number of aryl methyl sites for hydroxylation is 2. The van der Waals surface area contributed by atoms with E-state index in [0.717, 1.165) is 41.8 Å². The third-order valence-electron chi connectivity index (χ3n) is 4.85. The molecule has 1 fully saturated rings. The van der Waals surface area contributed by atoms with Gasteiger partial charge in [-0.15, -0.1) is 0 Å². The average Bonchev–Trinajstić information content (AvgIpc) is 2.62. The topological polar surface area (TPSA) is 62.3 Å². The van der Waals surface area contributed by atoms with Crippen molar-refractivity contribution < 1.29 is 8.42 Å². The molecular formula is C19H25N3O2S. The molecule has 1 aromatic heterocycles. The number of aromatic nitrogens is 1. The highest BCUT2D eigenvalue weighted by Gasteiger charge is 2.35. The maximum Gasteiger partial charge on any atom is 0.243 e. The first-order valence-electron chi connectivity index (χ1n) is 8.66. The minimum absolute atomic E-state index is 0.154. The molecule has 3 rings (SSSR count). The molecule has 0 radical (unpaired) electrons. The van der Waals surface area contributed by atoms with E-state index >= 15 is 0 Å². The summed E-state index contributed by atoms with van der Waals surface area (Å²) in [7, 11) is -1.69. The summed E-state index contributed by atoms with van der Waals surface area (Å²) < 4.78 is 28.1. The van der Waals surface area contributed by atoms with Crippen LogP contribution >= 0.6 is 0 Å². The van der Waals surface area contributed by atoms with E-state index < -0.39 is 10.0 Å². The Hall–Kier alpha value is -1.92. The lowest BCUT2D eigenvalue weighted by Crippen LogP contribution is -2.38. The summed E-state index contributed by atoms with van der Waals surface area (Å²) in [6.07, 6.45) is 4.56. The normalized spacial score (nSPS) is 18.9. The number of sulfonamides is 1. The molecule has 1 aliphatic rings. The Labute approximate surface area is 150 Å². The zero-order chi connectivity index (χ0) is 18.0. The number of nitrogens with zero attached hydrogens (tertiary/aromatic N) is 2. The number of pyridine rings is 1. The van der Waals surface area contributed by atoms with Gasteiger partial charge in [-0.05, 0) is 56.0 Å². The Balaban J connectivity index is 2.00. The summed E-state index contributed by atoms with van der Waals surface area (Å²) in [6, 6.07) is 8.91. The van der Waals surface area contributed by atoms with Crippen LogP contribution in [0.1, 0.15) is 42.0 Å². The molecule has 0 unspecified atom stereocenters. The highest BCUT2D eigenvalue weighted by atomic mass is 32.2. The van der Waals surface area contributed by atoms with Crippen LogP contribution in [0.5, 0.6) is 0 Å². The van der Waals surface area contributed by atoms with Gasteiger partial charge in [0.15, 0.2) is 0 Å². The van der Waals surface area contributed by atoms with E-state index in [0.29, 0.717) is 11.4 Å². The molecule has 0 amide bonds. The number of nitrogens with one attached hydrogen (secondary N) is 1. The molecule has 1 saturated heterocycles. The van der Waals surface area contributed by atoms with Crippen LogP contribution in [0.25, 0.3) is 0 Å². The third kappa shape index (κ3) is 3.55. The highest BCUT2D eigenvalue weighted by molar-refractivity contribution is 7.89. The number of benzene rings is 1. The van der Waals surface area contributed by atoms with E-state index in [4.69, 9.17) is 0 Å². The van der Waals surface area contributed by atoms with E-state index in [2.05, 4.69) is 10.3 Å². The SMILES string of the molecule is CNc1cc(C)c([C@@H]2CCCCN2S(=O)(=O)c2ccc(C)cc2)cn1. The van der Waals surface area contributed by atoms with Crippen molar-refractivity contribution >= 4 is 15.8 Å². The van der Waals surface area contributed by atoms with Crippen molar-refractivity contribution in [2.45, 2.75) is 44.0 Å². The zero-order valence-corrected chi connectivity index (χ0v) is 15.8. The quantitative estimate of drug-likeness (QED) is 0.905. The Morgan fingerprint density at radius 1 is 1.16 bits per heavy atom. The predicted molar refractivity (Wildman–Crippen MR) is 100 cm³/mol. The van der Waals surface area contributed by atoms with Gasteiger partial charge in [0.2, 0.25) is 10.0 Å². The summed E-state index contributed by atoms with van der Waals surface area (Å²) in [5.41, 5.74) is 3.11. The second-order valence-electron chi connectivity index (χ2n) is 6.62. The largest absolute Gasteiger partial charge is 0.373 e. The van der Waals surface area contributed by atoms with Gasteiger partial charge in [0, 0.05) is 19.8 Å². The first-order chi connectivity index (χ1) is 11.9. The molecule has 0 bridgehead atoms. The Morgan fingerprint density at radius 2 is 1.88 bits per heavy atom. The van der Waals surface area contributed by atoms with Gasteiger partial charge < -0.3 is 5.32 Å². The van der Waals surface area contributed by atoms with E-state index in [1.807, 2.05) is 45.3 Å². The van der Waals surface area contributed by atoms with Crippen LogP contribution < -0.4 is 5.32 Å². The summed E-state index contributed by atoms with van der Waals surface area (Å²) in [6.45, 7) is 4.52. The van der Waals surface area contributed by atoms with E-state index in [-0.39, 0.29) is 6.04 Å². The van der Waals surface area contributed by atoms with Crippen LogP contribution in [0.15, 0.2) is 41.4 Å². The molecule has 134 valence electrons. The number of hydrogen-bond acceptors (Lipinski definition) is 4. The number of rotatable bonds is 4. The fourth-order valence-corrected chi connectivity index (χ4v) is 5.08. The van der Waals surface area contributed by atoms with Crippen molar-refractivity contribution in [3.63, 3.8) is 0 Å². The summed E-state index contributed by atoms with van der Waals surface area (Å²) in [5, 5.41) is 3.03. The summed E-state index contributed by atoms with van der Waals surface area (Å²) >= 11 is 0. The van der Waals surface area contributed by atoms with E-state index in [1.165, 1.54) is 0 Å². The minimum Gasteiger partial charge on any atom is -0.373 e. The molecule has 1 aromatic carbocycles.